The van der Waals surface area contributed by atoms with Crippen LogP contribution in [0.15, 0.2) is 24.3 Å². The van der Waals surface area contributed by atoms with Crippen LogP contribution >= 0.6 is 0 Å². The molecule has 1 amide bonds. The molecule has 0 aliphatic carbocycles. The molecular weight excluding hydrogens is 298 g/mol. The zero-order valence-corrected chi connectivity index (χ0v) is 13.5. The van der Waals surface area contributed by atoms with E-state index in [-0.39, 0.29) is 25.7 Å². The molecule has 0 saturated carbocycles. The number of nitrogens with zero attached hydrogens (tertiary/aromatic N) is 1. The number of hydrogen-bond acceptors (Lipinski definition) is 4. The normalized spacial score (nSPS) is 19.2. The predicted octanol–water partition coefficient (Wildman–Crippen LogP) is 1.89. The maximum Gasteiger partial charge on any atom is 0.334 e. The van der Waals surface area contributed by atoms with Gasteiger partial charge < -0.3 is 19.5 Å². The molecule has 1 saturated heterocycles. The molecule has 1 aliphatic rings. The summed E-state index contributed by atoms with van der Waals surface area (Å²) in [6, 6.07) is 7.69. The zero-order chi connectivity index (χ0) is 16.8. The van der Waals surface area contributed by atoms with Gasteiger partial charge >= 0.3 is 5.97 Å². The lowest BCUT2D eigenvalue weighted by atomic mass is 9.98. The fraction of sp³-hybridized carbons (Fsp3) is 0.529. The third-order valence-corrected chi connectivity index (χ3v) is 4.11. The summed E-state index contributed by atoms with van der Waals surface area (Å²) in [4.78, 5) is 24.7. The minimum absolute atomic E-state index is 0.0601. The van der Waals surface area contributed by atoms with E-state index < -0.39 is 12.1 Å². The van der Waals surface area contributed by atoms with E-state index in [4.69, 9.17) is 14.6 Å². The van der Waals surface area contributed by atoms with E-state index in [1.807, 2.05) is 24.3 Å². The molecule has 1 heterocycles. The number of carboxylic acids is 1. The second-order valence-electron chi connectivity index (χ2n) is 5.67. The van der Waals surface area contributed by atoms with Crippen LogP contribution in [0, 0.1) is 0 Å². The van der Waals surface area contributed by atoms with Crippen LogP contribution in [0.4, 0.5) is 0 Å². The van der Waals surface area contributed by atoms with Crippen molar-refractivity contribution in [3.8, 4) is 5.75 Å². The fourth-order valence-electron chi connectivity index (χ4n) is 2.49. The number of rotatable bonds is 6. The van der Waals surface area contributed by atoms with E-state index in [1.54, 1.807) is 0 Å². The fourth-order valence-corrected chi connectivity index (χ4v) is 2.49. The number of para-hydroxylation sites is 1. The summed E-state index contributed by atoms with van der Waals surface area (Å²) >= 11 is 0. The van der Waals surface area contributed by atoms with Crippen LogP contribution in [0.2, 0.25) is 0 Å². The summed E-state index contributed by atoms with van der Waals surface area (Å²) < 4.78 is 10.8. The van der Waals surface area contributed by atoms with Gasteiger partial charge in [0.15, 0.2) is 12.7 Å². The van der Waals surface area contributed by atoms with Crippen molar-refractivity contribution in [3.63, 3.8) is 0 Å². The minimum Gasteiger partial charge on any atom is -0.483 e. The number of ether oxygens (including phenoxy) is 2. The Kier molecular flexibility index (Phi) is 5.98. The van der Waals surface area contributed by atoms with Crippen molar-refractivity contribution < 1.29 is 24.2 Å². The summed E-state index contributed by atoms with van der Waals surface area (Å²) in [7, 11) is 0. The third-order valence-electron chi connectivity index (χ3n) is 4.11. The van der Waals surface area contributed by atoms with Gasteiger partial charge in [0, 0.05) is 6.54 Å². The molecule has 126 valence electrons. The van der Waals surface area contributed by atoms with Crippen LogP contribution in [-0.2, 0) is 14.3 Å². The van der Waals surface area contributed by atoms with Crippen molar-refractivity contribution in [1.29, 1.82) is 0 Å². The molecule has 6 nitrogen and oxygen atoms in total. The SMILES string of the molecule is CCC(C)c1ccccc1OCC(=O)N1CCOC(C(=O)O)C1. The number of carboxylic acid groups (broad SMARTS) is 1. The van der Waals surface area contributed by atoms with Crippen molar-refractivity contribution in [1.82, 2.24) is 4.90 Å². The lowest BCUT2D eigenvalue weighted by Gasteiger charge is -2.30. The number of amides is 1. The highest BCUT2D eigenvalue weighted by atomic mass is 16.5. The van der Waals surface area contributed by atoms with Crippen molar-refractivity contribution >= 4 is 11.9 Å². The van der Waals surface area contributed by atoms with Gasteiger partial charge in [-0.15, -0.1) is 0 Å². The molecule has 0 radical (unpaired) electrons. The van der Waals surface area contributed by atoms with E-state index >= 15 is 0 Å². The maximum atomic E-state index is 12.2. The standard InChI is InChI=1S/C17H23NO5/c1-3-12(2)13-6-4-5-7-14(13)23-11-16(19)18-8-9-22-15(10-18)17(20)21/h4-7,12,15H,3,8-11H2,1-2H3,(H,20,21). The molecule has 1 N–H and O–H groups in total. The van der Waals surface area contributed by atoms with Gasteiger partial charge in [-0.1, -0.05) is 32.0 Å². The van der Waals surface area contributed by atoms with Crippen LogP contribution in [-0.4, -0.2) is 54.3 Å². The van der Waals surface area contributed by atoms with Crippen molar-refractivity contribution in [2.75, 3.05) is 26.3 Å². The first-order valence-electron chi connectivity index (χ1n) is 7.86. The van der Waals surface area contributed by atoms with E-state index in [9.17, 15) is 9.59 Å². The van der Waals surface area contributed by atoms with Crippen molar-refractivity contribution in [2.45, 2.75) is 32.3 Å². The summed E-state index contributed by atoms with van der Waals surface area (Å²) in [5, 5.41) is 8.98. The average molecular weight is 321 g/mol. The smallest absolute Gasteiger partial charge is 0.334 e. The highest BCUT2D eigenvalue weighted by Crippen LogP contribution is 2.28. The Bertz CT molecular complexity index is 560. The minimum atomic E-state index is -1.05. The highest BCUT2D eigenvalue weighted by Gasteiger charge is 2.29. The van der Waals surface area contributed by atoms with Gasteiger partial charge in [0.1, 0.15) is 5.75 Å². The molecule has 1 aliphatic heterocycles. The Hall–Kier alpha value is -2.08. The number of aliphatic carboxylic acids is 1. The van der Waals surface area contributed by atoms with Crippen molar-refractivity contribution in [2.24, 2.45) is 0 Å². The van der Waals surface area contributed by atoms with Crippen LogP contribution in [0.5, 0.6) is 5.75 Å². The van der Waals surface area contributed by atoms with E-state index in [0.717, 1.165) is 12.0 Å². The molecular formula is C17H23NO5. The molecule has 0 spiro atoms. The van der Waals surface area contributed by atoms with Crippen LogP contribution in [0.3, 0.4) is 0 Å². The number of carbonyl (C=O) groups is 2. The van der Waals surface area contributed by atoms with Crippen LogP contribution in [0.1, 0.15) is 31.7 Å². The molecule has 0 aromatic heterocycles. The Morgan fingerprint density at radius 1 is 1.43 bits per heavy atom. The van der Waals surface area contributed by atoms with Gasteiger partial charge in [0.25, 0.3) is 5.91 Å². The van der Waals surface area contributed by atoms with Crippen LogP contribution in [0.25, 0.3) is 0 Å². The Morgan fingerprint density at radius 2 is 2.17 bits per heavy atom. The lowest BCUT2D eigenvalue weighted by Crippen LogP contribution is -2.49. The molecule has 1 aromatic rings. The highest BCUT2D eigenvalue weighted by molar-refractivity contribution is 5.79. The number of carbonyl (C=O) groups excluding carboxylic acids is 1. The van der Waals surface area contributed by atoms with E-state index in [0.29, 0.717) is 18.2 Å². The monoisotopic (exact) mass is 321 g/mol. The quantitative estimate of drug-likeness (QED) is 0.866. The second kappa shape index (κ2) is 7.97. The molecule has 1 fully saturated rings. The molecule has 2 unspecified atom stereocenters. The summed E-state index contributed by atoms with van der Waals surface area (Å²) in [6.45, 7) is 4.80. The average Bonchev–Trinajstić information content (AvgIpc) is 2.59. The van der Waals surface area contributed by atoms with Crippen molar-refractivity contribution in [3.05, 3.63) is 29.8 Å². The van der Waals surface area contributed by atoms with Gasteiger partial charge in [-0.25, -0.2) is 4.79 Å². The number of morpholine rings is 1. The van der Waals surface area contributed by atoms with Gasteiger partial charge in [0.2, 0.25) is 0 Å². The zero-order valence-electron chi connectivity index (χ0n) is 13.5. The summed E-state index contributed by atoms with van der Waals surface area (Å²) in [6.07, 6.45) is 0.0260. The molecule has 23 heavy (non-hydrogen) atoms. The third kappa shape index (κ3) is 4.45. The van der Waals surface area contributed by atoms with Gasteiger partial charge in [-0.2, -0.15) is 0 Å². The number of benzene rings is 1. The number of hydrogen-bond donors (Lipinski definition) is 1. The largest absolute Gasteiger partial charge is 0.483 e. The maximum absolute atomic E-state index is 12.2. The van der Waals surface area contributed by atoms with Gasteiger partial charge in [-0.05, 0) is 24.0 Å². The molecule has 2 atom stereocenters. The first-order chi connectivity index (χ1) is 11.0. The van der Waals surface area contributed by atoms with Crippen LogP contribution < -0.4 is 4.74 Å². The first kappa shape index (κ1) is 17.3. The molecule has 0 bridgehead atoms. The molecule has 6 heteroatoms. The topological polar surface area (TPSA) is 76.1 Å². The second-order valence-corrected chi connectivity index (χ2v) is 5.67. The Morgan fingerprint density at radius 3 is 2.87 bits per heavy atom. The lowest BCUT2D eigenvalue weighted by molar-refractivity contribution is -0.159. The van der Waals surface area contributed by atoms with Gasteiger partial charge in [0.05, 0.1) is 13.2 Å². The molecule has 2 rings (SSSR count). The van der Waals surface area contributed by atoms with E-state index in [2.05, 4.69) is 13.8 Å². The first-order valence-corrected chi connectivity index (χ1v) is 7.86. The Balaban J connectivity index is 1.96. The predicted molar refractivity (Wildman–Crippen MR) is 84.6 cm³/mol. The van der Waals surface area contributed by atoms with E-state index in [1.165, 1.54) is 4.90 Å². The summed E-state index contributed by atoms with van der Waals surface area (Å²) in [5.41, 5.74) is 1.08. The summed E-state index contributed by atoms with van der Waals surface area (Å²) in [5.74, 6) is -0.219. The van der Waals surface area contributed by atoms with Gasteiger partial charge in [-0.3, -0.25) is 4.79 Å². The molecule has 1 aromatic carbocycles. The Labute approximate surface area is 136 Å².